The van der Waals surface area contributed by atoms with Gasteiger partial charge in [0.25, 0.3) is 5.56 Å². The average molecular weight is 279 g/mol. The number of ether oxygens (including phenoxy) is 1. The monoisotopic (exact) mass is 278 g/mol. The van der Waals surface area contributed by atoms with Crippen LogP contribution in [0, 0.1) is 0 Å². The lowest BCUT2D eigenvalue weighted by Crippen LogP contribution is -2.20. The molecule has 1 heterocycles. The molecule has 2 rings (SSSR count). The fourth-order valence-corrected chi connectivity index (χ4v) is 1.63. The van der Waals surface area contributed by atoms with E-state index in [2.05, 4.69) is 10.3 Å². The number of aromatic nitrogens is 1. The second-order valence-electron chi connectivity index (χ2n) is 3.72. The third kappa shape index (κ3) is 3.59. The first-order valence-corrected chi connectivity index (χ1v) is 5.89. The van der Waals surface area contributed by atoms with Crippen LogP contribution in [0.4, 0.5) is 10.5 Å². The quantitative estimate of drug-likeness (QED) is 0.907. The number of carbonyl (C=O) groups is 1. The molecule has 1 aromatic carbocycles. The highest BCUT2D eigenvalue weighted by Crippen LogP contribution is 2.15. The molecule has 2 N–H and O–H groups in total. The summed E-state index contributed by atoms with van der Waals surface area (Å²) in [6, 6.07) is 10.7. The summed E-state index contributed by atoms with van der Waals surface area (Å²) < 4.78 is 4.98. The van der Waals surface area contributed by atoms with Crippen LogP contribution in [0.25, 0.3) is 0 Å². The molecule has 0 unspecified atom stereocenters. The molecule has 98 valence electrons. The van der Waals surface area contributed by atoms with Crippen molar-refractivity contribution in [3.63, 3.8) is 0 Å². The Morgan fingerprint density at radius 3 is 2.68 bits per heavy atom. The Labute approximate surface area is 114 Å². The lowest BCUT2D eigenvalue weighted by molar-refractivity contribution is 0.155. The number of benzene rings is 1. The van der Waals surface area contributed by atoms with Crippen molar-refractivity contribution < 1.29 is 9.53 Å². The van der Waals surface area contributed by atoms with Crippen molar-refractivity contribution in [1.82, 2.24) is 4.98 Å². The molecule has 0 aliphatic carbocycles. The number of H-pyrrole nitrogens is 1. The fraction of sp³-hybridized carbons (Fsp3) is 0.0769. The highest BCUT2D eigenvalue weighted by Gasteiger charge is 2.10. The van der Waals surface area contributed by atoms with Crippen LogP contribution in [0.2, 0.25) is 5.02 Å². The third-order valence-electron chi connectivity index (χ3n) is 2.35. The van der Waals surface area contributed by atoms with Crippen LogP contribution in [0.3, 0.4) is 0 Å². The van der Waals surface area contributed by atoms with Gasteiger partial charge in [-0.3, -0.25) is 10.1 Å². The fourth-order valence-electron chi connectivity index (χ4n) is 1.43. The van der Waals surface area contributed by atoms with Gasteiger partial charge in [-0.15, -0.1) is 0 Å². The molecule has 0 aliphatic rings. The van der Waals surface area contributed by atoms with Crippen molar-refractivity contribution in [3.8, 4) is 0 Å². The normalized spacial score (nSPS) is 9.95. The second kappa shape index (κ2) is 6.06. The number of rotatable bonds is 3. The lowest BCUT2D eigenvalue weighted by atomic mass is 10.2. The Hall–Kier alpha value is -2.27. The van der Waals surface area contributed by atoms with Crippen molar-refractivity contribution in [2.45, 2.75) is 6.61 Å². The number of pyridine rings is 1. The van der Waals surface area contributed by atoms with Crippen LogP contribution < -0.4 is 10.9 Å². The van der Waals surface area contributed by atoms with E-state index < -0.39 is 11.7 Å². The van der Waals surface area contributed by atoms with Gasteiger partial charge in [-0.2, -0.15) is 0 Å². The average Bonchev–Trinajstić information content (AvgIpc) is 2.42. The molecule has 1 aromatic heterocycles. The van der Waals surface area contributed by atoms with Crippen molar-refractivity contribution in [2.24, 2.45) is 0 Å². The molecule has 0 atom stereocenters. The van der Waals surface area contributed by atoms with Gasteiger partial charge in [0, 0.05) is 6.20 Å². The van der Waals surface area contributed by atoms with Crippen LogP contribution in [0.5, 0.6) is 0 Å². The Kier molecular flexibility index (Phi) is 4.20. The first-order chi connectivity index (χ1) is 9.16. The standard InChI is InChI=1S/C13H11ClN2O3/c14-10-6-7-15-12(17)11(10)16-13(18)19-8-9-4-2-1-3-5-9/h1-7H,8H2,(H,15,17)(H,16,18). The minimum atomic E-state index is -0.734. The first-order valence-electron chi connectivity index (χ1n) is 5.51. The lowest BCUT2D eigenvalue weighted by Gasteiger charge is -2.07. The van der Waals surface area contributed by atoms with Gasteiger partial charge < -0.3 is 9.72 Å². The smallest absolute Gasteiger partial charge is 0.412 e. The van der Waals surface area contributed by atoms with Gasteiger partial charge >= 0.3 is 6.09 Å². The Morgan fingerprint density at radius 1 is 1.26 bits per heavy atom. The Bertz CT molecular complexity index is 625. The predicted octanol–water partition coefficient (Wildman–Crippen LogP) is 2.78. The van der Waals surface area contributed by atoms with Crippen LogP contribution in [-0.2, 0) is 11.3 Å². The summed E-state index contributed by atoms with van der Waals surface area (Å²) in [6.07, 6.45) is 0.660. The molecule has 5 nitrogen and oxygen atoms in total. The van der Waals surface area contributed by atoms with Crippen LogP contribution in [-0.4, -0.2) is 11.1 Å². The maximum absolute atomic E-state index is 11.5. The molecule has 0 bridgehead atoms. The number of amides is 1. The van der Waals surface area contributed by atoms with E-state index in [1.807, 2.05) is 30.3 Å². The number of anilines is 1. The Morgan fingerprint density at radius 2 is 2.00 bits per heavy atom. The third-order valence-corrected chi connectivity index (χ3v) is 2.66. The molecular weight excluding hydrogens is 268 g/mol. The van der Waals surface area contributed by atoms with Gasteiger partial charge in [0.05, 0.1) is 5.02 Å². The van der Waals surface area contributed by atoms with E-state index in [1.54, 1.807) is 0 Å². The molecule has 19 heavy (non-hydrogen) atoms. The number of hydrogen-bond donors (Lipinski definition) is 2. The number of nitrogens with one attached hydrogen (secondary N) is 2. The van der Waals surface area contributed by atoms with Gasteiger partial charge in [0.15, 0.2) is 0 Å². The molecule has 0 aliphatic heterocycles. The predicted molar refractivity (Wildman–Crippen MR) is 72.3 cm³/mol. The molecule has 2 aromatic rings. The molecule has 0 saturated carbocycles. The largest absolute Gasteiger partial charge is 0.444 e. The number of hydrogen-bond acceptors (Lipinski definition) is 3. The number of halogens is 1. The molecule has 6 heteroatoms. The summed E-state index contributed by atoms with van der Waals surface area (Å²) in [5.74, 6) is 0. The molecule has 0 saturated heterocycles. The minimum Gasteiger partial charge on any atom is -0.444 e. The Balaban J connectivity index is 1.97. The van der Waals surface area contributed by atoms with Gasteiger partial charge in [0.1, 0.15) is 12.3 Å². The highest BCUT2D eigenvalue weighted by molar-refractivity contribution is 6.33. The van der Waals surface area contributed by atoms with Gasteiger partial charge in [-0.1, -0.05) is 41.9 Å². The maximum Gasteiger partial charge on any atom is 0.412 e. The summed E-state index contributed by atoms with van der Waals surface area (Å²) in [7, 11) is 0. The van der Waals surface area contributed by atoms with E-state index in [0.29, 0.717) is 0 Å². The zero-order valence-corrected chi connectivity index (χ0v) is 10.6. The topological polar surface area (TPSA) is 71.2 Å². The van der Waals surface area contributed by atoms with Gasteiger partial charge in [0.2, 0.25) is 0 Å². The van der Waals surface area contributed by atoms with E-state index >= 15 is 0 Å². The van der Waals surface area contributed by atoms with E-state index in [4.69, 9.17) is 16.3 Å². The molecule has 0 spiro atoms. The highest BCUT2D eigenvalue weighted by atomic mass is 35.5. The van der Waals surface area contributed by atoms with Crippen molar-refractivity contribution >= 4 is 23.4 Å². The van der Waals surface area contributed by atoms with E-state index in [-0.39, 0.29) is 17.3 Å². The zero-order chi connectivity index (χ0) is 13.7. The van der Waals surface area contributed by atoms with Crippen molar-refractivity contribution in [1.29, 1.82) is 0 Å². The minimum absolute atomic E-state index is 0.0257. The summed E-state index contributed by atoms with van der Waals surface area (Å²) in [6.45, 7) is 0.120. The maximum atomic E-state index is 11.5. The first kappa shape index (κ1) is 13.2. The van der Waals surface area contributed by atoms with E-state index in [0.717, 1.165) is 5.56 Å². The molecule has 1 amide bonds. The molecular formula is C13H11ClN2O3. The van der Waals surface area contributed by atoms with Crippen LogP contribution in [0.1, 0.15) is 5.56 Å². The van der Waals surface area contributed by atoms with Crippen LogP contribution in [0.15, 0.2) is 47.4 Å². The van der Waals surface area contributed by atoms with Gasteiger partial charge in [-0.25, -0.2) is 4.79 Å². The van der Waals surface area contributed by atoms with Crippen molar-refractivity contribution in [3.05, 3.63) is 63.5 Å². The summed E-state index contributed by atoms with van der Waals surface area (Å²) >= 11 is 5.80. The van der Waals surface area contributed by atoms with Crippen LogP contribution >= 0.6 is 11.6 Å². The summed E-state index contributed by atoms with van der Waals surface area (Å²) in [5, 5.41) is 2.47. The SMILES string of the molecule is O=C(Nc1c(Cl)cc[nH]c1=O)OCc1ccccc1. The summed E-state index contributed by atoms with van der Waals surface area (Å²) in [4.78, 5) is 25.4. The zero-order valence-electron chi connectivity index (χ0n) is 9.85. The van der Waals surface area contributed by atoms with Crippen molar-refractivity contribution in [2.75, 3.05) is 5.32 Å². The van der Waals surface area contributed by atoms with Gasteiger partial charge in [-0.05, 0) is 11.6 Å². The number of carbonyl (C=O) groups excluding carboxylic acids is 1. The second-order valence-corrected chi connectivity index (χ2v) is 4.12. The number of aromatic amines is 1. The molecule has 0 radical (unpaired) electrons. The molecule has 0 fully saturated rings. The van der Waals surface area contributed by atoms with E-state index in [9.17, 15) is 9.59 Å². The summed E-state index contributed by atoms with van der Waals surface area (Å²) in [5.41, 5.74) is 0.345. The van der Waals surface area contributed by atoms with E-state index in [1.165, 1.54) is 12.3 Å².